The topological polar surface area (TPSA) is 35.5 Å². The standard InChI is InChI=1S/C27H30O3/c1-3-5-21-6-10-23(11-7-21)24-14-16-26(17-15-24)30-20-29-19-18-22-8-12-25(13-9-22)27(28)4-2/h4,8-9,12-17,21,23H,2-3,5-7,10-11,20H2,1H3. The Morgan fingerprint density at radius 1 is 1.07 bits per heavy atom. The fourth-order valence-electron chi connectivity index (χ4n) is 4.09. The Labute approximate surface area is 180 Å². The van der Waals surface area contributed by atoms with E-state index in [0.717, 1.165) is 17.2 Å². The molecule has 1 aliphatic carbocycles. The summed E-state index contributed by atoms with van der Waals surface area (Å²) < 4.78 is 10.9. The smallest absolute Gasteiger partial charge is 0.241 e. The van der Waals surface area contributed by atoms with Crippen LogP contribution < -0.4 is 4.74 Å². The van der Waals surface area contributed by atoms with Crippen LogP contribution in [0.4, 0.5) is 0 Å². The van der Waals surface area contributed by atoms with E-state index in [1.54, 1.807) is 24.3 Å². The maximum atomic E-state index is 11.5. The zero-order valence-electron chi connectivity index (χ0n) is 17.7. The van der Waals surface area contributed by atoms with Crippen LogP contribution >= 0.6 is 0 Å². The highest BCUT2D eigenvalue weighted by molar-refractivity contribution is 6.04. The number of ketones is 1. The van der Waals surface area contributed by atoms with Crippen LogP contribution in [0.25, 0.3) is 0 Å². The lowest BCUT2D eigenvalue weighted by molar-refractivity contribution is 0.0947. The van der Waals surface area contributed by atoms with Crippen molar-refractivity contribution in [3.63, 3.8) is 0 Å². The van der Waals surface area contributed by atoms with Gasteiger partial charge in [0.15, 0.2) is 5.78 Å². The van der Waals surface area contributed by atoms with E-state index in [2.05, 4.69) is 37.7 Å². The number of allylic oxidation sites excluding steroid dienone is 1. The van der Waals surface area contributed by atoms with E-state index in [4.69, 9.17) is 9.47 Å². The molecule has 0 saturated heterocycles. The maximum Gasteiger partial charge on any atom is 0.241 e. The predicted octanol–water partition coefficient (Wildman–Crippen LogP) is 6.49. The first-order valence-electron chi connectivity index (χ1n) is 10.8. The van der Waals surface area contributed by atoms with Gasteiger partial charge in [-0.2, -0.15) is 0 Å². The van der Waals surface area contributed by atoms with Crippen molar-refractivity contribution in [1.82, 2.24) is 0 Å². The number of ether oxygens (including phenoxy) is 2. The molecule has 1 saturated carbocycles. The molecular weight excluding hydrogens is 372 g/mol. The normalized spacial score (nSPS) is 18.0. The third-order valence-electron chi connectivity index (χ3n) is 5.80. The number of hydrogen-bond acceptors (Lipinski definition) is 3. The van der Waals surface area contributed by atoms with Gasteiger partial charge < -0.3 is 9.47 Å². The predicted molar refractivity (Wildman–Crippen MR) is 120 cm³/mol. The largest absolute Gasteiger partial charge is 0.457 e. The SMILES string of the molecule is C=CC(=O)c1ccc(C#COCOc2ccc(C3CCC(CCC)CC3)cc2)cc1. The second-order valence-electron chi connectivity index (χ2n) is 7.85. The van der Waals surface area contributed by atoms with Crippen molar-refractivity contribution in [2.45, 2.75) is 51.4 Å². The van der Waals surface area contributed by atoms with Gasteiger partial charge in [0.1, 0.15) is 11.9 Å². The molecule has 0 bridgehead atoms. The Kier molecular flexibility index (Phi) is 8.15. The molecule has 3 heteroatoms. The monoisotopic (exact) mass is 402 g/mol. The van der Waals surface area contributed by atoms with E-state index in [1.165, 1.54) is 50.2 Å². The molecule has 0 radical (unpaired) electrons. The van der Waals surface area contributed by atoms with Crippen molar-refractivity contribution in [2.24, 2.45) is 5.92 Å². The van der Waals surface area contributed by atoms with Gasteiger partial charge in [0.05, 0.1) is 0 Å². The molecule has 2 aromatic rings. The van der Waals surface area contributed by atoms with Gasteiger partial charge in [0.25, 0.3) is 0 Å². The van der Waals surface area contributed by atoms with Crippen molar-refractivity contribution in [1.29, 1.82) is 0 Å². The summed E-state index contributed by atoms with van der Waals surface area (Å²) in [5.74, 6) is 5.19. The van der Waals surface area contributed by atoms with Gasteiger partial charge in [-0.3, -0.25) is 4.79 Å². The molecule has 0 unspecified atom stereocenters. The van der Waals surface area contributed by atoms with E-state index in [1.807, 2.05) is 12.1 Å². The minimum atomic E-state index is -0.102. The number of rotatable bonds is 8. The first-order chi connectivity index (χ1) is 14.7. The molecule has 0 spiro atoms. The molecule has 30 heavy (non-hydrogen) atoms. The molecule has 1 aliphatic rings. The van der Waals surface area contributed by atoms with Gasteiger partial charge >= 0.3 is 0 Å². The Bertz CT molecular complexity index is 876. The fourth-order valence-corrected chi connectivity index (χ4v) is 4.09. The number of hydrogen-bond donors (Lipinski definition) is 0. The Morgan fingerprint density at radius 3 is 2.40 bits per heavy atom. The van der Waals surface area contributed by atoms with Crippen molar-refractivity contribution < 1.29 is 14.3 Å². The van der Waals surface area contributed by atoms with Gasteiger partial charge in [0, 0.05) is 11.1 Å². The quantitative estimate of drug-likeness (QED) is 0.166. The van der Waals surface area contributed by atoms with Gasteiger partial charge in [-0.15, -0.1) is 0 Å². The van der Waals surface area contributed by atoms with Crippen LogP contribution in [0.3, 0.4) is 0 Å². The van der Waals surface area contributed by atoms with Gasteiger partial charge in [-0.25, -0.2) is 0 Å². The summed E-state index contributed by atoms with van der Waals surface area (Å²) in [6.07, 6.45) is 11.9. The summed E-state index contributed by atoms with van der Waals surface area (Å²) in [6.45, 7) is 5.83. The van der Waals surface area contributed by atoms with Crippen LogP contribution in [-0.2, 0) is 4.74 Å². The van der Waals surface area contributed by atoms with Gasteiger partial charge in [-0.05, 0) is 91.5 Å². The number of benzene rings is 2. The number of carbonyl (C=O) groups is 1. The molecule has 156 valence electrons. The van der Waals surface area contributed by atoms with Crippen molar-refractivity contribution in [2.75, 3.05) is 6.79 Å². The zero-order chi connectivity index (χ0) is 21.2. The van der Waals surface area contributed by atoms with Crippen molar-refractivity contribution in [3.05, 3.63) is 77.9 Å². The van der Waals surface area contributed by atoms with E-state index >= 15 is 0 Å². The molecule has 3 nitrogen and oxygen atoms in total. The second-order valence-corrected chi connectivity index (χ2v) is 7.85. The molecule has 0 N–H and O–H groups in total. The Morgan fingerprint density at radius 2 is 1.77 bits per heavy atom. The molecule has 0 aromatic heterocycles. The average molecular weight is 403 g/mol. The van der Waals surface area contributed by atoms with E-state index < -0.39 is 0 Å². The Hall–Kier alpha value is -2.99. The van der Waals surface area contributed by atoms with Crippen LogP contribution in [0.1, 0.15) is 72.9 Å². The van der Waals surface area contributed by atoms with Gasteiger partial charge in [-0.1, -0.05) is 38.5 Å². The summed E-state index contributed by atoms with van der Waals surface area (Å²) in [6, 6.07) is 15.4. The maximum absolute atomic E-state index is 11.5. The van der Waals surface area contributed by atoms with Crippen molar-refractivity contribution in [3.8, 4) is 17.8 Å². The molecule has 0 atom stereocenters. The highest BCUT2D eigenvalue weighted by Gasteiger charge is 2.21. The summed E-state index contributed by atoms with van der Waals surface area (Å²) >= 11 is 0. The molecule has 0 aliphatic heterocycles. The van der Waals surface area contributed by atoms with Crippen molar-refractivity contribution >= 4 is 5.78 Å². The van der Waals surface area contributed by atoms with Crippen LogP contribution in [0.2, 0.25) is 0 Å². The lowest BCUT2D eigenvalue weighted by Crippen LogP contribution is -2.13. The van der Waals surface area contributed by atoms with Crippen LogP contribution in [-0.4, -0.2) is 12.6 Å². The summed E-state index contributed by atoms with van der Waals surface area (Å²) in [5, 5.41) is 0. The first-order valence-corrected chi connectivity index (χ1v) is 10.8. The molecule has 0 amide bonds. The van der Waals surface area contributed by atoms with E-state index in [-0.39, 0.29) is 12.6 Å². The molecule has 2 aromatic carbocycles. The highest BCUT2D eigenvalue weighted by atomic mass is 16.7. The summed E-state index contributed by atoms with van der Waals surface area (Å²) in [7, 11) is 0. The van der Waals surface area contributed by atoms with Crippen LogP contribution in [0.15, 0.2) is 61.2 Å². The minimum Gasteiger partial charge on any atom is -0.457 e. The lowest BCUT2D eigenvalue weighted by Gasteiger charge is -2.28. The third kappa shape index (κ3) is 6.26. The summed E-state index contributed by atoms with van der Waals surface area (Å²) in [5.41, 5.74) is 2.78. The second kappa shape index (κ2) is 11.3. The average Bonchev–Trinajstić information content (AvgIpc) is 2.80. The molecular formula is C27H30O3. The molecule has 1 fully saturated rings. The summed E-state index contributed by atoms with van der Waals surface area (Å²) in [4.78, 5) is 11.5. The van der Waals surface area contributed by atoms with E-state index in [0.29, 0.717) is 11.5 Å². The first kappa shape index (κ1) is 21.7. The lowest BCUT2D eigenvalue weighted by atomic mass is 9.77. The Balaban J connectivity index is 1.41. The molecule has 3 rings (SSSR count). The fraction of sp³-hybridized carbons (Fsp3) is 0.370. The van der Waals surface area contributed by atoms with Crippen LogP contribution in [0, 0.1) is 17.9 Å². The minimum absolute atomic E-state index is 0.0709. The molecule has 0 heterocycles. The van der Waals surface area contributed by atoms with Gasteiger partial charge in [0.2, 0.25) is 6.79 Å². The highest BCUT2D eigenvalue weighted by Crippen LogP contribution is 2.37. The third-order valence-corrected chi connectivity index (χ3v) is 5.80. The zero-order valence-corrected chi connectivity index (χ0v) is 17.7. The number of carbonyl (C=O) groups excluding carboxylic acids is 1. The van der Waals surface area contributed by atoms with Crippen LogP contribution in [0.5, 0.6) is 5.75 Å². The van der Waals surface area contributed by atoms with E-state index in [9.17, 15) is 4.79 Å².